The molecule has 0 aliphatic carbocycles. The van der Waals surface area contributed by atoms with Gasteiger partial charge >= 0.3 is 0 Å². The average Bonchev–Trinajstić information content (AvgIpc) is 2.67. The van der Waals surface area contributed by atoms with E-state index in [9.17, 15) is 9.59 Å². The predicted octanol–water partition coefficient (Wildman–Crippen LogP) is 3.59. The standard InChI is InChI=1S/C23H28ClN3O2/c1-16(2)26-23(29)20-8-4-10-21-19(20)9-5-13-27(21)15-22(28)25-12-11-17-6-3-7-18(24)14-17/h3-4,6-8,10,14,16H,5,9,11-13,15H2,1-2H3,(H,25,28)(H,26,29). The number of nitrogens with one attached hydrogen (secondary N) is 2. The van der Waals surface area contributed by atoms with E-state index in [1.165, 1.54) is 0 Å². The Morgan fingerprint density at radius 1 is 1.17 bits per heavy atom. The second-order valence-corrected chi connectivity index (χ2v) is 8.12. The van der Waals surface area contributed by atoms with Gasteiger partial charge in [-0.25, -0.2) is 0 Å². The van der Waals surface area contributed by atoms with E-state index in [-0.39, 0.29) is 24.4 Å². The number of carbonyl (C=O) groups excluding carboxylic acids is 2. The number of halogens is 1. The molecule has 0 aromatic heterocycles. The van der Waals surface area contributed by atoms with Crippen LogP contribution in [0.25, 0.3) is 0 Å². The van der Waals surface area contributed by atoms with Crippen molar-refractivity contribution < 1.29 is 9.59 Å². The molecule has 0 saturated carbocycles. The molecule has 2 aromatic carbocycles. The van der Waals surface area contributed by atoms with E-state index < -0.39 is 0 Å². The number of nitrogens with zero attached hydrogens (tertiary/aromatic N) is 1. The van der Waals surface area contributed by atoms with Crippen LogP contribution in [0, 0.1) is 0 Å². The highest BCUT2D eigenvalue weighted by Crippen LogP contribution is 2.29. The first-order valence-electron chi connectivity index (χ1n) is 10.1. The van der Waals surface area contributed by atoms with Crippen LogP contribution in [0.4, 0.5) is 5.69 Å². The second kappa shape index (κ2) is 9.79. The molecule has 2 N–H and O–H groups in total. The van der Waals surface area contributed by atoms with Crippen LogP contribution in [-0.2, 0) is 17.6 Å². The lowest BCUT2D eigenvalue weighted by Gasteiger charge is -2.32. The maximum atomic E-state index is 12.5. The van der Waals surface area contributed by atoms with E-state index in [0.717, 1.165) is 42.6 Å². The molecule has 1 aliphatic heterocycles. The average molecular weight is 414 g/mol. The smallest absolute Gasteiger partial charge is 0.251 e. The molecule has 1 aliphatic rings. The number of carbonyl (C=O) groups is 2. The lowest BCUT2D eigenvalue weighted by atomic mass is 9.95. The summed E-state index contributed by atoms with van der Waals surface area (Å²) in [5, 5.41) is 6.66. The summed E-state index contributed by atoms with van der Waals surface area (Å²) >= 11 is 6.00. The molecule has 0 spiro atoms. The predicted molar refractivity (Wildman–Crippen MR) is 118 cm³/mol. The van der Waals surface area contributed by atoms with E-state index in [1.807, 2.05) is 56.3 Å². The topological polar surface area (TPSA) is 61.4 Å². The van der Waals surface area contributed by atoms with Crippen LogP contribution in [0.2, 0.25) is 5.02 Å². The van der Waals surface area contributed by atoms with E-state index in [1.54, 1.807) is 0 Å². The molecule has 0 atom stereocenters. The van der Waals surface area contributed by atoms with E-state index in [4.69, 9.17) is 11.6 Å². The molecule has 0 unspecified atom stereocenters. The molecule has 6 heteroatoms. The van der Waals surface area contributed by atoms with Gasteiger partial charge in [0.25, 0.3) is 5.91 Å². The number of hydrogen-bond acceptors (Lipinski definition) is 3. The van der Waals surface area contributed by atoms with Crippen LogP contribution in [0.15, 0.2) is 42.5 Å². The van der Waals surface area contributed by atoms with Gasteiger partial charge in [-0.15, -0.1) is 0 Å². The van der Waals surface area contributed by atoms with E-state index >= 15 is 0 Å². The molecular formula is C23H28ClN3O2. The van der Waals surface area contributed by atoms with Crippen molar-refractivity contribution >= 4 is 29.1 Å². The maximum absolute atomic E-state index is 12.5. The fraction of sp³-hybridized carbons (Fsp3) is 0.391. The van der Waals surface area contributed by atoms with Crippen molar-refractivity contribution in [1.82, 2.24) is 10.6 Å². The molecule has 2 amide bonds. The van der Waals surface area contributed by atoms with Gasteiger partial charge in [-0.1, -0.05) is 29.8 Å². The van der Waals surface area contributed by atoms with Gasteiger partial charge in [0, 0.05) is 35.4 Å². The van der Waals surface area contributed by atoms with Crippen molar-refractivity contribution in [2.45, 2.75) is 39.2 Å². The van der Waals surface area contributed by atoms with Crippen molar-refractivity contribution in [3.8, 4) is 0 Å². The third-order valence-corrected chi connectivity index (χ3v) is 5.21. The zero-order chi connectivity index (χ0) is 20.8. The van der Waals surface area contributed by atoms with Gasteiger partial charge in [0.05, 0.1) is 6.54 Å². The van der Waals surface area contributed by atoms with E-state index in [2.05, 4.69) is 15.5 Å². The van der Waals surface area contributed by atoms with Gasteiger partial charge in [0.15, 0.2) is 0 Å². The second-order valence-electron chi connectivity index (χ2n) is 7.69. The molecule has 0 saturated heterocycles. The Kier molecular flexibility index (Phi) is 7.15. The Bertz CT molecular complexity index is 882. The van der Waals surface area contributed by atoms with Crippen LogP contribution in [-0.4, -0.2) is 37.5 Å². The fourth-order valence-corrected chi connectivity index (χ4v) is 3.90. The lowest BCUT2D eigenvalue weighted by molar-refractivity contribution is -0.119. The van der Waals surface area contributed by atoms with Gasteiger partial charge in [0.1, 0.15) is 0 Å². The minimum atomic E-state index is -0.0512. The monoisotopic (exact) mass is 413 g/mol. The minimum absolute atomic E-state index is 0.0167. The first-order chi connectivity index (χ1) is 13.9. The zero-order valence-electron chi connectivity index (χ0n) is 17.0. The maximum Gasteiger partial charge on any atom is 0.251 e. The molecule has 29 heavy (non-hydrogen) atoms. The summed E-state index contributed by atoms with van der Waals surface area (Å²) in [6.45, 7) is 5.57. The number of rotatable bonds is 7. The highest BCUT2D eigenvalue weighted by Gasteiger charge is 2.23. The highest BCUT2D eigenvalue weighted by atomic mass is 35.5. The first-order valence-corrected chi connectivity index (χ1v) is 10.5. The van der Waals surface area contributed by atoms with Crippen molar-refractivity contribution in [2.24, 2.45) is 0 Å². The van der Waals surface area contributed by atoms with Crippen LogP contribution in [0.1, 0.15) is 41.8 Å². The van der Waals surface area contributed by atoms with Crippen LogP contribution >= 0.6 is 11.6 Å². The number of hydrogen-bond donors (Lipinski definition) is 2. The number of benzene rings is 2. The summed E-state index contributed by atoms with van der Waals surface area (Å²) < 4.78 is 0. The number of amides is 2. The third-order valence-electron chi connectivity index (χ3n) is 4.97. The van der Waals surface area contributed by atoms with Gasteiger partial charge in [-0.05, 0) is 68.5 Å². The fourth-order valence-electron chi connectivity index (χ4n) is 3.69. The summed E-state index contributed by atoms with van der Waals surface area (Å²) in [6, 6.07) is 13.5. The van der Waals surface area contributed by atoms with Gasteiger partial charge in [-0.2, -0.15) is 0 Å². The highest BCUT2D eigenvalue weighted by molar-refractivity contribution is 6.30. The number of fused-ring (bicyclic) bond motifs is 1. The summed E-state index contributed by atoms with van der Waals surface area (Å²) in [6.07, 6.45) is 2.51. The Labute approximate surface area is 177 Å². The van der Waals surface area contributed by atoms with Crippen molar-refractivity contribution in [3.63, 3.8) is 0 Å². The Morgan fingerprint density at radius 2 is 1.97 bits per heavy atom. The summed E-state index contributed by atoms with van der Waals surface area (Å²) in [5.74, 6) is -0.0680. The molecule has 0 radical (unpaired) electrons. The molecule has 0 bridgehead atoms. The molecule has 3 rings (SSSR count). The van der Waals surface area contributed by atoms with Crippen molar-refractivity contribution in [2.75, 3.05) is 24.5 Å². The molecular weight excluding hydrogens is 386 g/mol. The summed E-state index contributed by atoms with van der Waals surface area (Å²) in [5.41, 5.74) is 3.82. The summed E-state index contributed by atoms with van der Waals surface area (Å²) in [4.78, 5) is 27.1. The minimum Gasteiger partial charge on any atom is -0.362 e. The Balaban J connectivity index is 1.61. The van der Waals surface area contributed by atoms with Crippen LogP contribution in [0.3, 0.4) is 0 Å². The first kappa shape index (κ1) is 21.2. The van der Waals surface area contributed by atoms with Gasteiger partial charge in [0.2, 0.25) is 5.91 Å². The SMILES string of the molecule is CC(C)NC(=O)c1cccc2c1CCCN2CC(=O)NCCc1cccc(Cl)c1. The molecule has 2 aromatic rings. The summed E-state index contributed by atoms with van der Waals surface area (Å²) in [7, 11) is 0. The normalized spacial score (nSPS) is 13.2. The Morgan fingerprint density at radius 3 is 2.72 bits per heavy atom. The largest absolute Gasteiger partial charge is 0.362 e. The van der Waals surface area contributed by atoms with Crippen LogP contribution in [0.5, 0.6) is 0 Å². The molecule has 5 nitrogen and oxygen atoms in total. The molecule has 154 valence electrons. The van der Waals surface area contributed by atoms with Crippen molar-refractivity contribution in [1.29, 1.82) is 0 Å². The van der Waals surface area contributed by atoms with Crippen LogP contribution < -0.4 is 15.5 Å². The molecule has 0 fully saturated rings. The van der Waals surface area contributed by atoms with Crippen molar-refractivity contribution in [3.05, 3.63) is 64.2 Å². The van der Waals surface area contributed by atoms with Gasteiger partial charge in [-0.3, -0.25) is 9.59 Å². The molecule has 1 heterocycles. The van der Waals surface area contributed by atoms with Gasteiger partial charge < -0.3 is 15.5 Å². The Hall–Kier alpha value is -2.53. The number of anilines is 1. The third kappa shape index (κ3) is 5.73. The van der Waals surface area contributed by atoms with E-state index in [0.29, 0.717) is 17.1 Å². The zero-order valence-corrected chi connectivity index (χ0v) is 17.8. The quantitative estimate of drug-likeness (QED) is 0.729. The lowest BCUT2D eigenvalue weighted by Crippen LogP contribution is -2.41.